The standard InChI is InChI=1S/C9H18N2S/c1-2-7-12-8(4-1)9-10-5-3-6-11-9/h8-11H,1-7H2. The van der Waals surface area contributed by atoms with E-state index in [1.807, 2.05) is 0 Å². The molecule has 0 aliphatic carbocycles. The van der Waals surface area contributed by atoms with Crippen molar-refractivity contribution in [3.05, 3.63) is 0 Å². The van der Waals surface area contributed by atoms with Gasteiger partial charge in [0.05, 0.1) is 6.17 Å². The molecule has 2 N–H and O–H groups in total. The van der Waals surface area contributed by atoms with E-state index in [0.717, 1.165) is 5.25 Å². The van der Waals surface area contributed by atoms with Crippen molar-refractivity contribution in [3.8, 4) is 0 Å². The van der Waals surface area contributed by atoms with E-state index < -0.39 is 0 Å². The van der Waals surface area contributed by atoms with Gasteiger partial charge in [0.15, 0.2) is 0 Å². The highest BCUT2D eigenvalue weighted by Crippen LogP contribution is 2.27. The molecule has 2 aliphatic rings. The van der Waals surface area contributed by atoms with E-state index in [-0.39, 0.29) is 0 Å². The van der Waals surface area contributed by atoms with Gasteiger partial charge in [0, 0.05) is 5.25 Å². The average Bonchev–Trinajstić information content (AvgIpc) is 2.21. The lowest BCUT2D eigenvalue weighted by molar-refractivity contribution is 0.348. The normalized spacial score (nSPS) is 33.5. The molecule has 0 bridgehead atoms. The van der Waals surface area contributed by atoms with Crippen molar-refractivity contribution < 1.29 is 0 Å². The van der Waals surface area contributed by atoms with Crippen LogP contribution in [0.4, 0.5) is 0 Å². The highest BCUT2D eigenvalue weighted by atomic mass is 32.2. The fraction of sp³-hybridized carbons (Fsp3) is 1.00. The summed E-state index contributed by atoms with van der Waals surface area (Å²) >= 11 is 2.14. The molecule has 0 radical (unpaired) electrons. The van der Waals surface area contributed by atoms with Crippen molar-refractivity contribution in [1.29, 1.82) is 0 Å². The zero-order valence-corrected chi connectivity index (χ0v) is 8.33. The molecule has 0 spiro atoms. The molecular formula is C9H18N2S. The van der Waals surface area contributed by atoms with Gasteiger partial charge in [-0.2, -0.15) is 11.8 Å². The smallest absolute Gasteiger partial charge is 0.0694 e. The largest absolute Gasteiger partial charge is 0.301 e. The van der Waals surface area contributed by atoms with Crippen LogP contribution < -0.4 is 10.6 Å². The maximum absolute atomic E-state index is 3.56. The fourth-order valence-corrected chi connectivity index (χ4v) is 3.36. The molecule has 2 nitrogen and oxygen atoms in total. The Balaban J connectivity index is 1.80. The predicted octanol–water partition coefficient (Wildman–Crippen LogP) is 1.18. The second-order valence-corrected chi connectivity index (χ2v) is 4.99. The number of hydrogen-bond acceptors (Lipinski definition) is 3. The molecule has 0 aromatic carbocycles. The first kappa shape index (κ1) is 8.85. The van der Waals surface area contributed by atoms with E-state index in [9.17, 15) is 0 Å². The molecule has 0 amide bonds. The molecule has 12 heavy (non-hydrogen) atoms. The minimum Gasteiger partial charge on any atom is -0.301 e. The number of nitrogens with one attached hydrogen (secondary N) is 2. The summed E-state index contributed by atoms with van der Waals surface area (Å²) in [5, 5.41) is 7.95. The van der Waals surface area contributed by atoms with Gasteiger partial charge in [0.2, 0.25) is 0 Å². The monoisotopic (exact) mass is 186 g/mol. The number of hydrogen-bond donors (Lipinski definition) is 2. The second-order valence-electron chi connectivity index (χ2n) is 3.64. The van der Waals surface area contributed by atoms with E-state index in [4.69, 9.17) is 0 Å². The van der Waals surface area contributed by atoms with E-state index >= 15 is 0 Å². The molecule has 3 heteroatoms. The van der Waals surface area contributed by atoms with Crippen molar-refractivity contribution in [1.82, 2.24) is 10.6 Å². The van der Waals surface area contributed by atoms with E-state index in [2.05, 4.69) is 22.4 Å². The molecule has 2 rings (SSSR count). The van der Waals surface area contributed by atoms with Gasteiger partial charge in [-0.25, -0.2) is 0 Å². The van der Waals surface area contributed by atoms with Crippen LogP contribution in [0.25, 0.3) is 0 Å². The van der Waals surface area contributed by atoms with Crippen molar-refractivity contribution >= 4 is 11.8 Å². The molecule has 0 saturated carbocycles. The minimum atomic E-state index is 0.601. The molecule has 2 aliphatic heterocycles. The summed E-state index contributed by atoms with van der Waals surface area (Å²) in [6.07, 6.45) is 6.14. The lowest BCUT2D eigenvalue weighted by Crippen LogP contribution is -2.54. The Kier molecular flexibility index (Phi) is 3.31. The molecule has 0 aromatic rings. The van der Waals surface area contributed by atoms with E-state index in [0.29, 0.717) is 6.17 Å². The van der Waals surface area contributed by atoms with Crippen molar-refractivity contribution in [2.75, 3.05) is 18.8 Å². The fourth-order valence-electron chi connectivity index (χ4n) is 1.97. The van der Waals surface area contributed by atoms with Crippen LogP contribution in [0.2, 0.25) is 0 Å². The minimum absolute atomic E-state index is 0.601. The lowest BCUT2D eigenvalue weighted by atomic mass is 10.1. The summed E-state index contributed by atoms with van der Waals surface area (Å²) in [7, 11) is 0. The summed E-state index contributed by atoms with van der Waals surface area (Å²) < 4.78 is 0. The van der Waals surface area contributed by atoms with Gasteiger partial charge in [0.1, 0.15) is 0 Å². The Labute approximate surface area is 78.9 Å². The van der Waals surface area contributed by atoms with Crippen LogP contribution in [0.5, 0.6) is 0 Å². The summed E-state index contributed by atoms with van der Waals surface area (Å²) in [6, 6.07) is 0. The van der Waals surface area contributed by atoms with Crippen LogP contribution in [0.3, 0.4) is 0 Å². The molecular weight excluding hydrogens is 168 g/mol. The highest BCUT2D eigenvalue weighted by molar-refractivity contribution is 8.00. The molecule has 70 valence electrons. The van der Waals surface area contributed by atoms with Crippen LogP contribution >= 0.6 is 11.8 Å². The van der Waals surface area contributed by atoms with Gasteiger partial charge in [-0.1, -0.05) is 6.42 Å². The molecule has 2 saturated heterocycles. The maximum Gasteiger partial charge on any atom is 0.0694 e. The first-order chi connectivity index (χ1) is 5.97. The Morgan fingerprint density at radius 2 is 1.83 bits per heavy atom. The summed E-state index contributed by atoms with van der Waals surface area (Å²) in [5.41, 5.74) is 0. The zero-order valence-electron chi connectivity index (χ0n) is 7.51. The highest BCUT2D eigenvalue weighted by Gasteiger charge is 2.24. The average molecular weight is 186 g/mol. The van der Waals surface area contributed by atoms with Crippen LogP contribution in [0, 0.1) is 0 Å². The molecule has 0 aromatic heterocycles. The lowest BCUT2D eigenvalue weighted by Gasteiger charge is -2.34. The van der Waals surface area contributed by atoms with Gasteiger partial charge in [-0.3, -0.25) is 0 Å². The summed E-state index contributed by atoms with van der Waals surface area (Å²) in [5.74, 6) is 1.37. The van der Waals surface area contributed by atoms with Gasteiger partial charge in [0.25, 0.3) is 0 Å². The van der Waals surface area contributed by atoms with Gasteiger partial charge < -0.3 is 10.6 Å². The molecule has 2 fully saturated rings. The van der Waals surface area contributed by atoms with Gasteiger partial charge in [-0.05, 0) is 38.1 Å². The Morgan fingerprint density at radius 3 is 2.50 bits per heavy atom. The van der Waals surface area contributed by atoms with Gasteiger partial charge in [-0.15, -0.1) is 0 Å². The topological polar surface area (TPSA) is 24.1 Å². The molecule has 1 atom stereocenters. The first-order valence-corrected chi connectivity index (χ1v) is 6.10. The van der Waals surface area contributed by atoms with E-state index in [1.54, 1.807) is 0 Å². The van der Waals surface area contributed by atoms with Crippen molar-refractivity contribution in [2.24, 2.45) is 0 Å². The van der Waals surface area contributed by atoms with Crippen LogP contribution in [-0.4, -0.2) is 30.3 Å². The molecule has 1 unspecified atom stereocenters. The van der Waals surface area contributed by atoms with Crippen molar-refractivity contribution in [2.45, 2.75) is 37.1 Å². The van der Waals surface area contributed by atoms with Gasteiger partial charge >= 0.3 is 0 Å². The number of rotatable bonds is 1. The Bertz CT molecular complexity index is 112. The zero-order chi connectivity index (χ0) is 8.23. The van der Waals surface area contributed by atoms with Crippen LogP contribution in [0.1, 0.15) is 25.7 Å². The van der Waals surface area contributed by atoms with Crippen LogP contribution in [-0.2, 0) is 0 Å². The quantitative estimate of drug-likeness (QED) is 0.643. The van der Waals surface area contributed by atoms with E-state index in [1.165, 1.54) is 44.5 Å². The third-order valence-electron chi connectivity index (χ3n) is 2.67. The first-order valence-electron chi connectivity index (χ1n) is 5.05. The summed E-state index contributed by atoms with van der Waals surface area (Å²) in [6.45, 7) is 2.41. The third kappa shape index (κ3) is 2.15. The predicted molar refractivity (Wildman–Crippen MR) is 54.5 cm³/mol. The number of thioether (sulfide) groups is 1. The Hall–Kier alpha value is 0.270. The van der Waals surface area contributed by atoms with Crippen LogP contribution in [0.15, 0.2) is 0 Å². The SMILES string of the molecule is C1CNC(C2CCCCS2)NC1. The van der Waals surface area contributed by atoms with Crippen molar-refractivity contribution in [3.63, 3.8) is 0 Å². The second kappa shape index (κ2) is 4.49. The summed E-state index contributed by atoms with van der Waals surface area (Å²) in [4.78, 5) is 0. The molecule has 2 heterocycles. The Morgan fingerprint density at radius 1 is 1.00 bits per heavy atom. The maximum atomic E-state index is 3.56. The third-order valence-corrected chi connectivity index (χ3v) is 4.13.